The van der Waals surface area contributed by atoms with Crippen LogP contribution in [0.25, 0.3) is 11.0 Å². The Kier molecular flexibility index (Phi) is 6.70. The molecule has 0 unspecified atom stereocenters. The third-order valence-electron chi connectivity index (χ3n) is 5.68. The predicted octanol–water partition coefficient (Wildman–Crippen LogP) is 3.06. The number of methoxy groups -OCH3 is 1. The second-order valence-corrected chi connectivity index (χ2v) is 7.84. The molecule has 168 valence electrons. The summed E-state index contributed by atoms with van der Waals surface area (Å²) in [6.45, 7) is 1.25. The van der Waals surface area contributed by atoms with Crippen molar-refractivity contribution in [3.63, 3.8) is 0 Å². The van der Waals surface area contributed by atoms with Gasteiger partial charge in [0, 0.05) is 32.3 Å². The van der Waals surface area contributed by atoms with Crippen LogP contribution in [0.2, 0.25) is 0 Å². The number of aryl methyl sites for hydroxylation is 2. The van der Waals surface area contributed by atoms with Gasteiger partial charge in [-0.15, -0.1) is 0 Å². The number of amides is 2. The molecule has 0 saturated carbocycles. The summed E-state index contributed by atoms with van der Waals surface area (Å²) < 4.78 is 12.7. The molecule has 0 aliphatic carbocycles. The number of ether oxygens (including phenoxy) is 2. The van der Waals surface area contributed by atoms with E-state index in [-0.39, 0.29) is 17.9 Å². The number of imidazole rings is 1. The van der Waals surface area contributed by atoms with E-state index >= 15 is 0 Å². The van der Waals surface area contributed by atoms with Gasteiger partial charge in [0.15, 0.2) is 0 Å². The van der Waals surface area contributed by atoms with Gasteiger partial charge in [-0.3, -0.25) is 9.59 Å². The van der Waals surface area contributed by atoms with E-state index in [1.165, 1.54) is 0 Å². The third kappa shape index (κ3) is 4.75. The fraction of sp³-hybridized carbons (Fsp3) is 0.375. The molecule has 1 aliphatic heterocycles. The van der Waals surface area contributed by atoms with Gasteiger partial charge in [0.05, 0.1) is 23.7 Å². The number of fused-ring (bicyclic) bond motifs is 1. The minimum absolute atomic E-state index is 0.0251. The molecule has 0 bridgehead atoms. The van der Waals surface area contributed by atoms with E-state index in [2.05, 4.69) is 10.6 Å². The second kappa shape index (κ2) is 9.82. The lowest BCUT2D eigenvalue weighted by atomic mass is 10.2. The van der Waals surface area contributed by atoms with Gasteiger partial charge in [0.1, 0.15) is 17.7 Å². The molecule has 8 nitrogen and oxygen atoms in total. The molecule has 0 spiro atoms. The normalized spacial score (nSPS) is 15.6. The summed E-state index contributed by atoms with van der Waals surface area (Å²) in [7, 11) is 3.52. The predicted molar refractivity (Wildman–Crippen MR) is 122 cm³/mol. The minimum Gasteiger partial charge on any atom is -0.496 e. The van der Waals surface area contributed by atoms with Gasteiger partial charge in [-0.2, -0.15) is 0 Å². The SMILES string of the molecule is COc1ccccc1C(=O)Nc1ccc2c(c1)nc(CCCNC(=O)[C@@H]1CCCO1)n2C. The van der Waals surface area contributed by atoms with E-state index in [0.29, 0.717) is 30.2 Å². The van der Waals surface area contributed by atoms with E-state index in [4.69, 9.17) is 14.5 Å². The van der Waals surface area contributed by atoms with Gasteiger partial charge in [0.2, 0.25) is 5.91 Å². The zero-order valence-electron chi connectivity index (χ0n) is 18.4. The number of anilines is 1. The Balaban J connectivity index is 1.38. The summed E-state index contributed by atoms with van der Waals surface area (Å²) >= 11 is 0. The van der Waals surface area contributed by atoms with E-state index < -0.39 is 0 Å². The number of rotatable bonds is 8. The topological polar surface area (TPSA) is 94.5 Å². The van der Waals surface area contributed by atoms with Crippen molar-refractivity contribution in [2.45, 2.75) is 31.8 Å². The van der Waals surface area contributed by atoms with Crippen LogP contribution >= 0.6 is 0 Å². The third-order valence-corrected chi connectivity index (χ3v) is 5.68. The lowest BCUT2D eigenvalue weighted by molar-refractivity contribution is -0.130. The Morgan fingerprint density at radius 2 is 2.09 bits per heavy atom. The molecule has 2 aromatic carbocycles. The average Bonchev–Trinajstić information content (AvgIpc) is 3.45. The van der Waals surface area contributed by atoms with Crippen LogP contribution in [-0.4, -0.2) is 47.7 Å². The number of carbonyl (C=O) groups is 2. The fourth-order valence-electron chi connectivity index (χ4n) is 3.94. The fourth-order valence-corrected chi connectivity index (χ4v) is 3.94. The van der Waals surface area contributed by atoms with Crippen LogP contribution in [0.3, 0.4) is 0 Å². The summed E-state index contributed by atoms with van der Waals surface area (Å²) in [5.41, 5.74) is 2.94. The first kappa shape index (κ1) is 21.8. The molecule has 0 radical (unpaired) electrons. The highest BCUT2D eigenvalue weighted by Gasteiger charge is 2.22. The minimum atomic E-state index is -0.296. The molecular formula is C24H28N4O4. The summed E-state index contributed by atoms with van der Waals surface area (Å²) in [6, 6.07) is 12.8. The molecule has 1 saturated heterocycles. The molecule has 1 aromatic heterocycles. The van der Waals surface area contributed by atoms with Crippen molar-refractivity contribution in [3.8, 4) is 5.75 Å². The van der Waals surface area contributed by atoms with Crippen molar-refractivity contribution in [2.75, 3.05) is 25.6 Å². The van der Waals surface area contributed by atoms with Crippen molar-refractivity contribution in [1.82, 2.24) is 14.9 Å². The maximum absolute atomic E-state index is 12.7. The first-order valence-electron chi connectivity index (χ1n) is 10.9. The highest BCUT2D eigenvalue weighted by Crippen LogP contribution is 2.23. The van der Waals surface area contributed by atoms with Crippen molar-refractivity contribution in [2.24, 2.45) is 7.05 Å². The van der Waals surface area contributed by atoms with E-state index in [0.717, 1.165) is 42.5 Å². The van der Waals surface area contributed by atoms with E-state index in [1.54, 1.807) is 25.3 Å². The molecule has 32 heavy (non-hydrogen) atoms. The number of carbonyl (C=O) groups excluding carboxylic acids is 2. The maximum Gasteiger partial charge on any atom is 0.259 e. The number of nitrogens with zero attached hydrogens (tertiary/aromatic N) is 2. The monoisotopic (exact) mass is 436 g/mol. The first-order chi connectivity index (χ1) is 15.6. The highest BCUT2D eigenvalue weighted by atomic mass is 16.5. The molecule has 4 rings (SSSR count). The Morgan fingerprint density at radius 1 is 1.25 bits per heavy atom. The Morgan fingerprint density at radius 3 is 2.88 bits per heavy atom. The number of nitrogens with one attached hydrogen (secondary N) is 2. The molecule has 3 aromatic rings. The van der Waals surface area contributed by atoms with Gasteiger partial charge in [-0.05, 0) is 49.6 Å². The standard InChI is InChI=1S/C24H28N4O4/c1-28-19-12-11-16(26-23(29)17-7-3-4-8-20(17)31-2)15-18(19)27-22(28)10-5-13-25-24(30)21-9-6-14-32-21/h3-4,7-8,11-12,15,21H,5-6,9-10,13-14H2,1-2H3,(H,25,30)(H,26,29)/t21-/m0/s1. The van der Waals surface area contributed by atoms with Crippen LogP contribution in [-0.2, 0) is 23.0 Å². The van der Waals surface area contributed by atoms with Crippen LogP contribution in [0.4, 0.5) is 5.69 Å². The second-order valence-electron chi connectivity index (χ2n) is 7.84. The molecule has 8 heteroatoms. The van der Waals surface area contributed by atoms with Crippen molar-refractivity contribution in [1.29, 1.82) is 0 Å². The first-order valence-corrected chi connectivity index (χ1v) is 10.9. The zero-order chi connectivity index (χ0) is 22.5. The summed E-state index contributed by atoms with van der Waals surface area (Å²) in [5, 5.41) is 5.86. The molecule has 2 heterocycles. The zero-order valence-corrected chi connectivity index (χ0v) is 18.4. The smallest absolute Gasteiger partial charge is 0.259 e. The summed E-state index contributed by atoms with van der Waals surface area (Å²) in [5.74, 6) is 1.19. The molecule has 1 aliphatic rings. The average molecular weight is 437 g/mol. The molecule has 1 atom stereocenters. The Labute approximate surface area is 186 Å². The van der Waals surface area contributed by atoms with Gasteiger partial charge in [0.25, 0.3) is 5.91 Å². The van der Waals surface area contributed by atoms with Crippen LogP contribution in [0, 0.1) is 0 Å². The van der Waals surface area contributed by atoms with Gasteiger partial charge < -0.3 is 24.7 Å². The van der Waals surface area contributed by atoms with Crippen molar-refractivity contribution >= 4 is 28.5 Å². The number of benzene rings is 2. The summed E-state index contributed by atoms with van der Waals surface area (Å²) in [6.07, 6.45) is 2.97. The summed E-state index contributed by atoms with van der Waals surface area (Å²) in [4.78, 5) is 29.4. The van der Waals surface area contributed by atoms with Crippen LogP contribution in [0.15, 0.2) is 42.5 Å². The lowest BCUT2D eigenvalue weighted by Gasteiger charge is -2.10. The van der Waals surface area contributed by atoms with Crippen molar-refractivity contribution < 1.29 is 19.1 Å². The molecule has 2 N–H and O–H groups in total. The number of hydrogen-bond donors (Lipinski definition) is 2. The Bertz CT molecular complexity index is 1120. The molecular weight excluding hydrogens is 408 g/mol. The van der Waals surface area contributed by atoms with Crippen LogP contribution < -0.4 is 15.4 Å². The van der Waals surface area contributed by atoms with Crippen molar-refractivity contribution in [3.05, 3.63) is 53.9 Å². The molecule has 1 fully saturated rings. The maximum atomic E-state index is 12.7. The number of aromatic nitrogens is 2. The largest absolute Gasteiger partial charge is 0.496 e. The lowest BCUT2D eigenvalue weighted by Crippen LogP contribution is -2.34. The van der Waals surface area contributed by atoms with Crippen LogP contribution in [0.1, 0.15) is 35.4 Å². The van der Waals surface area contributed by atoms with E-state index in [1.807, 2.05) is 35.9 Å². The number of para-hydroxylation sites is 1. The quantitative estimate of drug-likeness (QED) is 0.529. The van der Waals surface area contributed by atoms with E-state index in [9.17, 15) is 9.59 Å². The van der Waals surface area contributed by atoms with Gasteiger partial charge >= 0.3 is 0 Å². The number of hydrogen-bond acceptors (Lipinski definition) is 5. The van der Waals surface area contributed by atoms with Gasteiger partial charge in [-0.25, -0.2) is 4.98 Å². The highest BCUT2D eigenvalue weighted by molar-refractivity contribution is 6.06. The van der Waals surface area contributed by atoms with Crippen LogP contribution in [0.5, 0.6) is 5.75 Å². The molecule has 2 amide bonds. The Hall–Kier alpha value is -3.39. The van der Waals surface area contributed by atoms with Gasteiger partial charge in [-0.1, -0.05) is 12.1 Å².